The molecule has 0 fully saturated rings. The molecular weight excluding hydrogens is 201 g/mol. The minimum atomic E-state index is 0.393. The average molecular weight is 205 g/mol. The number of nitrogens with one attached hydrogen (secondary N) is 1. The number of rotatable bonds is 0. The van der Waals surface area contributed by atoms with Gasteiger partial charge < -0.3 is 4.98 Å². The normalized spacial score (nSPS) is 10.5. The summed E-state index contributed by atoms with van der Waals surface area (Å²) in [6, 6.07) is 0. The number of fused-ring (bicyclic) bond motifs is 1. The highest BCUT2D eigenvalue weighted by Crippen LogP contribution is 2.13. The largest absolute Gasteiger partial charge is 0.358 e. The van der Waals surface area contributed by atoms with E-state index in [1.54, 1.807) is 6.20 Å². The van der Waals surface area contributed by atoms with Gasteiger partial charge in [0.1, 0.15) is 19.7 Å². The Morgan fingerprint density at radius 1 is 1.46 bits per heavy atom. The maximum absolute atomic E-state index is 5.62. The van der Waals surface area contributed by atoms with Gasteiger partial charge in [0, 0.05) is 16.7 Å². The van der Waals surface area contributed by atoms with Crippen LogP contribution in [0.1, 0.15) is 0 Å². The number of nitrogens with zero attached hydrogens (tertiary/aromatic N) is 2. The van der Waals surface area contributed by atoms with Crippen molar-refractivity contribution in [2.24, 2.45) is 0 Å². The van der Waals surface area contributed by atoms with E-state index < -0.39 is 0 Å². The Balaban J connectivity index is 3.03. The zero-order chi connectivity index (χ0) is 9.42. The molecule has 0 aliphatic rings. The lowest BCUT2D eigenvalue weighted by molar-refractivity contribution is 1.20. The molecule has 2 rings (SSSR count). The van der Waals surface area contributed by atoms with Crippen LogP contribution in [0.15, 0.2) is 17.4 Å². The van der Waals surface area contributed by atoms with Crippen LogP contribution < -0.4 is 5.59 Å². The molecule has 0 atom stereocenters. The van der Waals surface area contributed by atoms with Gasteiger partial charge in [-0.15, -0.1) is 12.6 Å². The summed E-state index contributed by atoms with van der Waals surface area (Å²) in [5.41, 5.74) is 1.68. The number of pyridine rings is 1. The van der Waals surface area contributed by atoms with Crippen LogP contribution in [0, 0.1) is 4.51 Å². The molecule has 0 aliphatic heterocycles. The van der Waals surface area contributed by atoms with E-state index in [4.69, 9.17) is 20.1 Å². The fraction of sp³-hybridized carbons (Fsp3) is 0. The van der Waals surface area contributed by atoms with Crippen LogP contribution >= 0.6 is 24.8 Å². The van der Waals surface area contributed by atoms with Crippen molar-refractivity contribution in [3.05, 3.63) is 17.0 Å². The summed E-state index contributed by atoms with van der Waals surface area (Å²) < 4.78 is 0.589. The topological polar surface area (TPSA) is 41.6 Å². The maximum atomic E-state index is 5.62. The quantitative estimate of drug-likeness (QED) is 0.379. The second kappa shape index (κ2) is 3.12. The predicted octanol–water partition coefficient (Wildman–Crippen LogP) is 0.770. The molecule has 62 valence electrons. The molecule has 0 unspecified atom stereocenters. The number of hydrogen-bond donors (Lipinski definition) is 2. The van der Waals surface area contributed by atoms with Crippen molar-refractivity contribution in [3.63, 3.8) is 0 Å². The minimum absolute atomic E-state index is 0.393. The van der Waals surface area contributed by atoms with Crippen LogP contribution in [0.3, 0.4) is 0 Å². The molecule has 2 aromatic rings. The monoisotopic (exact) mass is 205 g/mol. The summed E-state index contributed by atoms with van der Waals surface area (Å²) in [6.07, 6.45) is 3.06. The Hall–Kier alpha value is -0.875. The summed E-state index contributed by atoms with van der Waals surface area (Å²) in [7, 11) is 5.62. The van der Waals surface area contributed by atoms with Crippen molar-refractivity contribution >= 4 is 49.3 Å². The standard InChI is InChI=1S/C7H4BN3S2/c8-7-5-4(10-2-11-7)6(13)3(12)1-9-5/h1-2,12H,(H,9,13). The Kier molecular flexibility index (Phi) is 2.09. The lowest BCUT2D eigenvalue weighted by Crippen LogP contribution is -2.11. The van der Waals surface area contributed by atoms with Crippen molar-refractivity contribution in [1.29, 1.82) is 0 Å². The molecule has 13 heavy (non-hydrogen) atoms. The first-order valence-electron chi connectivity index (χ1n) is 3.51. The third kappa shape index (κ3) is 1.36. The van der Waals surface area contributed by atoms with Crippen LogP contribution in [0.2, 0.25) is 0 Å². The summed E-state index contributed by atoms with van der Waals surface area (Å²) in [6.45, 7) is 0. The highest BCUT2D eigenvalue weighted by Gasteiger charge is 2.02. The van der Waals surface area contributed by atoms with Gasteiger partial charge in [-0.05, 0) is 0 Å². The Labute approximate surface area is 86.4 Å². The van der Waals surface area contributed by atoms with E-state index in [1.807, 2.05) is 0 Å². The first-order valence-corrected chi connectivity index (χ1v) is 4.36. The van der Waals surface area contributed by atoms with Gasteiger partial charge in [0.05, 0.1) is 10.0 Å². The molecule has 1 N–H and O–H groups in total. The molecule has 0 aromatic carbocycles. The van der Waals surface area contributed by atoms with Crippen molar-refractivity contribution in [2.75, 3.05) is 0 Å². The van der Waals surface area contributed by atoms with Gasteiger partial charge in [0.25, 0.3) is 0 Å². The lowest BCUT2D eigenvalue weighted by atomic mass is 10.0. The zero-order valence-corrected chi connectivity index (χ0v) is 8.19. The first-order chi connectivity index (χ1) is 6.20. The average Bonchev–Trinajstić information content (AvgIpc) is 2.12. The molecule has 0 amide bonds. The maximum Gasteiger partial charge on any atom is 0.144 e. The van der Waals surface area contributed by atoms with Crippen molar-refractivity contribution in [1.82, 2.24) is 15.0 Å². The smallest absolute Gasteiger partial charge is 0.144 e. The van der Waals surface area contributed by atoms with Gasteiger partial charge in [0.15, 0.2) is 0 Å². The van der Waals surface area contributed by atoms with E-state index in [-0.39, 0.29) is 0 Å². The number of aromatic amines is 1. The predicted molar refractivity (Wildman–Crippen MR) is 57.4 cm³/mol. The molecule has 0 bridgehead atoms. The third-order valence-corrected chi connectivity index (χ3v) is 2.59. The summed E-state index contributed by atoms with van der Waals surface area (Å²) in [4.78, 5) is 11.5. The highest BCUT2D eigenvalue weighted by molar-refractivity contribution is 7.81. The van der Waals surface area contributed by atoms with E-state index in [2.05, 4.69) is 27.6 Å². The summed E-state index contributed by atoms with van der Waals surface area (Å²) in [5, 5.41) is 0. The molecule has 0 aliphatic carbocycles. The van der Waals surface area contributed by atoms with E-state index in [0.29, 0.717) is 26.0 Å². The van der Waals surface area contributed by atoms with Gasteiger partial charge in [-0.25, -0.2) is 4.98 Å². The summed E-state index contributed by atoms with van der Waals surface area (Å²) in [5.74, 6) is 0. The SMILES string of the molecule is [B]c1ncnc2c(=S)c(S)c[nH]c12. The van der Waals surface area contributed by atoms with E-state index in [0.717, 1.165) is 0 Å². The van der Waals surface area contributed by atoms with Gasteiger partial charge in [0.2, 0.25) is 0 Å². The van der Waals surface area contributed by atoms with Crippen LogP contribution in [0.5, 0.6) is 0 Å². The zero-order valence-electron chi connectivity index (χ0n) is 6.48. The fourth-order valence-electron chi connectivity index (χ4n) is 1.04. The van der Waals surface area contributed by atoms with Crippen LogP contribution in [-0.2, 0) is 0 Å². The van der Waals surface area contributed by atoms with Crippen LogP contribution in [-0.4, -0.2) is 22.8 Å². The number of hydrogen-bond acceptors (Lipinski definition) is 4. The number of aromatic nitrogens is 3. The molecular formula is C7H4BN3S2. The molecule has 2 radical (unpaired) electrons. The Bertz CT molecular complexity index is 523. The molecule has 2 aromatic heterocycles. The van der Waals surface area contributed by atoms with E-state index >= 15 is 0 Å². The second-order valence-corrected chi connectivity index (χ2v) is 3.38. The van der Waals surface area contributed by atoms with Crippen LogP contribution in [0.25, 0.3) is 11.0 Å². The van der Waals surface area contributed by atoms with E-state index in [1.165, 1.54) is 6.33 Å². The van der Waals surface area contributed by atoms with Gasteiger partial charge in [-0.2, -0.15) is 0 Å². The fourth-order valence-corrected chi connectivity index (χ4v) is 1.43. The molecule has 0 spiro atoms. The first kappa shape index (κ1) is 8.71. The number of H-pyrrole nitrogens is 1. The minimum Gasteiger partial charge on any atom is -0.358 e. The Morgan fingerprint density at radius 3 is 3.00 bits per heavy atom. The van der Waals surface area contributed by atoms with E-state index in [9.17, 15) is 0 Å². The molecule has 2 heterocycles. The third-order valence-electron chi connectivity index (χ3n) is 1.68. The Morgan fingerprint density at radius 2 is 2.23 bits per heavy atom. The molecule has 0 saturated carbocycles. The van der Waals surface area contributed by atoms with Crippen molar-refractivity contribution < 1.29 is 0 Å². The second-order valence-electron chi connectivity index (χ2n) is 2.49. The van der Waals surface area contributed by atoms with Crippen LogP contribution in [0.4, 0.5) is 0 Å². The molecule has 3 nitrogen and oxygen atoms in total. The van der Waals surface area contributed by atoms with Gasteiger partial charge >= 0.3 is 0 Å². The highest BCUT2D eigenvalue weighted by atomic mass is 32.1. The lowest BCUT2D eigenvalue weighted by Gasteiger charge is -2.01. The van der Waals surface area contributed by atoms with Gasteiger partial charge in [-0.1, -0.05) is 12.2 Å². The number of thiol groups is 1. The van der Waals surface area contributed by atoms with Crippen molar-refractivity contribution in [2.45, 2.75) is 4.90 Å². The molecule has 0 saturated heterocycles. The summed E-state index contributed by atoms with van der Waals surface area (Å²) >= 11 is 9.28. The van der Waals surface area contributed by atoms with Gasteiger partial charge in [-0.3, -0.25) is 4.98 Å². The molecule has 6 heteroatoms. The van der Waals surface area contributed by atoms with Crippen molar-refractivity contribution in [3.8, 4) is 0 Å².